The van der Waals surface area contributed by atoms with Gasteiger partial charge in [-0.25, -0.2) is 9.79 Å². The lowest BCUT2D eigenvalue weighted by Crippen LogP contribution is -2.14. The second-order valence-corrected chi connectivity index (χ2v) is 10.1. The maximum Gasteiger partial charge on any atom is 0.344 e. The normalized spacial score (nSPS) is 15.3. The van der Waals surface area contributed by atoms with Crippen molar-refractivity contribution in [3.8, 4) is 5.75 Å². The van der Waals surface area contributed by atoms with Gasteiger partial charge < -0.3 is 14.6 Å². The number of hydrogen-bond acceptors (Lipinski definition) is 6. The van der Waals surface area contributed by atoms with E-state index in [4.69, 9.17) is 44.3 Å². The Kier molecular flexibility index (Phi) is 9.17. The van der Waals surface area contributed by atoms with Gasteiger partial charge >= 0.3 is 5.97 Å². The largest absolute Gasteiger partial charge is 0.506 e. The maximum absolute atomic E-state index is 12.8. The minimum Gasteiger partial charge on any atom is -0.506 e. The molecular formula is C28H20Cl3NO5S. The first-order chi connectivity index (χ1) is 18.3. The van der Waals surface area contributed by atoms with Crippen molar-refractivity contribution in [1.29, 1.82) is 0 Å². The van der Waals surface area contributed by atoms with E-state index in [1.54, 1.807) is 61.5 Å². The van der Waals surface area contributed by atoms with E-state index in [9.17, 15) is 14.7 Å². The van der Waals surface area contributed by atoms with Crippen LogP contribution in [0.15, 0.2) is 88.0 Å². The number of hydrogen-bond donors (Lipinski definition) is 1. The summed E-state index contributed by atoms with van der Waals surface area (Å²) in [5.74, 6) is -1.32. The van der Waals surface area contributed by atoms with E-state index in [0.29, 0.717) is 32.9 Å². The number of aliphatic hydroxyl groups excluding tert-OH is 1. The van der Waals surface area contributed by atoms with Crippen LogP contribution in [0.5, 0.6) is 5.75 Å². The van der Waals surface area contributed by atoms with Crippen LogP contribution in [0.1, 0.15) is 28.4 Å². The fourth-order valence-electron chi connectivity index (χ4n) is 3.40. The second-order valence-electron chi connectivity index (χ2n) is 7.86. The number of nitrogens with zero attached hydrogens (tertiary/aromatic N) is 1. The van der Waals surface area contributed by atoms with Gasteiger partial charge in [0.2, 0.25) is 0 Å². The van der Waals surface area contributed by atoms with Crippen LogP contribution in [0.3, 0.4) is 0 Å². The Balaban J connectivity index is 1.59. The monoisotopic (exact) mass is 587 g/mol. The number of rotatable bonds is 7. The Morgan fingerprint density at radius 3 is 2.42 bits per heavy atom. The van der Waals surface area contributed by atoms with Gasteiger partial charge in [0.1, 0.15) is 28.7 Å². The Bertz CT molecular complexity index is 1480. The van der Waals surface area contributed by atoms with Crippen LogP contribution >= 0.6 is 46.6 Å². The average molecular weight is 589 g/mol. The van der Waals surface area contributed by atoms with E-state index < -0.39 is 11.9 Å². The smallest absolute Gasteiger partial charge is 0.344 e. The topological polar surface area (TPSA) is 85.2 Å². The van der Waals surface area contributed by atoms with Gasteiger partial charge in [0.15, 0.2) is 0 Å². The molecule has 6 nitrogen and oxygen atoms in total. The molecule has 0 saturated heterocycles. The summed E-state index contributed by atoms with van der Waals surface area (Å²) >= 11 is 19.4. The summed E-state index contributed by atoms with van der Waals surface area (Å²) in [6.07, 6.45) is 1.62. The molecule has 1 aliphatic rings. The molecule has 4 rings (SSSR count). The van der Waals surface area contributed by atoms with E-state index in [2.05, 4.69) is 4.99 Å². The van der Waals surface area contributed by atoms with E-state index in [1.807, 2.05) is 12.1 Å². The molecule has 0 saturated carbocycles. The highest BCUT2D eigenvalue weighted by Gasteiger charge is 2.34. The Hall–Kier alpha value is -3.23. The lowest BCUT2D eigenvalue weighted by atomic mass is 10.1. The molecule has 0 atom stereocenters. The Morgan fingerprint density at radius 2 is 1.74 bits per heavy atom. The third kappa shape index (κ3) is 6.60. The third-order valence-corrected chi connectivity index (χ3v) is 7.14. The van der Waals surface area contributed by atoms with Crippen LogP contribution in [0, 0.1) is 0 Å². The van der Waals surface area contributed by atoms with Crippen LogP contribution < -0.4 is 4.74 Å². The molecule has 0 spiro atoms. The van der Waals surface area contributed by atoms with Gasteiger partial charge in [-0.3, -0.25) is 4.79 Å². The molecule has 0 bridgehead atoms. The number of carbonyl (C=O) groups excluding carboxylic acids is 2. The first-order valence-corrected chi connectivity index (χ1v) is 13.3. The molecular weight excluding hydrogens is 569 g/mol. The number of carbonyl (C=O) groups is 2. The van der Waals surface area contributed by atoms with Crippen LogP contribution in [-0.4, -0.2) is 28.6 Å². The van der Waals surface area contributed by atoms with Crippen molar-refractivity contribution >= 4 is 69.6 Å². The van der Waals surface area contributed by atoms with Gasteiger partial charge in [-0.15, -0.1) is 0 Å². The lowest BCUT2D eigenvalue weighted by Gasteiger charge is -2.09. The number of aliphatic imine (C=N–C) groups is 1. The number of thioether (sulfide) groups is 1. The summed E-state index contributed by atoms with van der Waals surface area (Å²) in [5, 5.41) is 12.1. The molecule has 1 heterocycles. The van der Waals surface area contributed by atoms with E-state index in [1.165, 1.54) is 6.07 Å². The third-order valence-electron chi connectivity index (χ3n) is 5.24. The Morgan fingerprint density at radius 1 is 1.00 bits per heavy atom. The molecule has 10 heteroatoms. The highest BCUT2D eigenvalue weighted by Crippen LogP contribution is 2.40. The van der Waals surface area contributed by atoms with Crippen LogP contribution in [0.25, 0.3) is 6.08 Å². The van der Waals surface area contributed by atoms with Crippen molar-refractivity contribution in [1.82, 2.24) is 0 Å². The molecule has 194 valence electrons. The molecule has 1 aliphatic heterocycles. The van der Waals surface area contributed by atoms with Crippen molar-refractivity contribution in [3.05, 3.63) is 115 Å². The highest BCUT2D eigenvalue weighted by atomic mass is 35.5. The molecule has 3 aromatic rings. The number of amides is 1. The number of aliphatic hydroxyl groups is 1. The van der Waals surface area contributed by atoms with Gasteiger partial charge in [-0.1, -0.05) is 76.9 Å². The van der Waals surface area contributed by atoms with Crippen LogP contribution in [0.2, 0.25) is 15.1 Å². The molecule has 1 amide bonds. The second kappa shape index (κ2) is 12.5. The van der Waals surface area contributed by atoms with Crippen molar-refractivity contribution in [2.24, 2.45) is 4.99 Å². The summed E-state index contributed by atoms with van der Waals surface area (Å²) in [6, 6.07) is 18.8. The molecule has 0 unspecified atom stereocenters. The predicted octanol–water partition coefficient (Wildman–Crippen LogP) is 7.93. The molecule has 0 aromatic heterocycles. The summed E-state index contributed by atoms with van der Waals surface area (Å²) in [7, 11) is 0. The van der Waals surface area contributed by atoms with Crippen molar-refractivity contribution in [2.45, 2.75) is 13.5 Å². The molecule has 1 N–H and O–H groups in total. The minimum atomic E-state index is -0.796. The fraction of sp³-hybridized carbons (Fsp3) is 0.107. The number of esters is 1. The molecule has 3 aromatic carbocycles. The number of halogens is 3. The fourth-order valence-corrected chi connectivity index (χ4v) is 4.99. The summed E-state index contributed by atoms with van der Waals surface area (Å²) in [5.41, 5.74) is 1.53. The van der Waals surface area contributed by atoms with E-state index in [0.717, 1.165) is 17.3 Å². The zero-order valence-corrected chi connectivity index (χ0v) is 23.0. The molecule has 0 fully saturated rings. The van der Waals surface area contributed by atoms with Crippen molar-refractivity contribution < 1.29 is 24.2 Å². The average Bonchev–Trinajstić information content (AvgIpc) is 3.19. The van der Waals surface area contributed by atoms with Gasteiger partial charge in [0.05, 0.1) is 27.1 Å². The minimum absolute atomic E-state index is 0.00568. The van der Waals surface area contributed by atoms with E-state index >= 15 is 0 Å². The van der Waals surface area contributed by atoms with Gasteiger partial charge in [0, 0.05) is 5.02 Å². The van der Waals surface area contributed by atoms with Gasteiger partial charge in [-0.05, 0) is 60.5 Å². The molecule has 0 radical (unpaired) electrons. The SMILES string of the molecule is CCOC(=O)C1=C(O)/C(=C/c2ccc(OCc3ccc(Cl)cc3)c(Cl)c2)SC1=NC(=O)c1ccccc1Cl. The van der Waals surface area contributed by atoms with E-state index in [-0.39, 0.29) is 33.6 Å². The van der Waals surface area contributed by atoms with Crippen molar-refractivity contribution in [2.75, 3.05) is 6.61 Å². The first-order valence-electron chi connectivity index (χ1n) is 11.3. The van der Waals surface area contributed by atoms with Crippen LogP contribution in [0.4, 0.5) is 0 Å². The maximum atomic E-state index is 12.8. The van der Waals surface area contributed by atoms with Gasteiger partial charge in [-0.2, -0.15) is 0 Å². The molecule has 0 aliphatic carbocycles. The quantitative estimate of drug-likeness (QED) is 0.282. The summed E-state index contributed by atoms with van der Waals surface area (Å²) in [4.78, 5) is 29.8. The standard InChI is InChI=1S/C28H20Cl3NO5S/c1-2-36-28(35)24-25(33)23(38-27(24)32-26(34)19-5-3-4-6-20(19)30)14-17-9-12-22(21(31)13-17)37-15-16-7-10-18(29)11-8-16/h3-14,33H,2,15H2,1H3/b23-14-,32-27?. The zero-order chi connectivity index (χ0) is 27.2. The first kappa shape index (κ1) is 27.8. The highest BCUT2D eigenvalue weighted by molar-refractivity contribution is 8.18. The van der Waals surface area contributed by atoms with Crippen molar-refractivity contribution in [3.63, 3.8) is 0 Å². The zero-order valence-electron chi connectivity index (χ0n) is 19.9. The van der Waals surface area contributed by atoms with Gasteiger partial charge in [0.25, 0.3) is 5.91 Å². The van der Waals surface area contributed by atoms with Crippen LogP contribution in [-0.2, 0) is 16.1 Å². The summed E-state index contributed by atoms with van der Waals surface area (Å²) < 4.78 is 10.9. The Labute approximate surface area is 238 Å². The number of ether oxygens (including phenoxy) is 2. The number of benzene rings is 3. The predicted molar refractivity (Wildman–Crippen MR) is 152 cm³/mol. The summed E-state index contributed by atoms with van der Waals surface area (Å²) in [6.45, 7) is 2.02. The lowest BCUT2D eigenvalue weighted by molar-refractivity contribution is -0.138. The molecule has 38 heavy (non-hydrogen) atoms.